The maximum Gasteiger partial charge on any atom is 0.273 e. The number of hydrogen-bond acceptors (Lipinski definition) is 2. The summed E-state index contributed by atoms with van der Waals surface area (Å²) >= 11 is 0. The zero-order chi connectivity index (χ0) is 17.9. The van der Waals surface area contributed by atoms with Crippen molar-refractivity contribution in [3.05, 3.63) is 70.8 Å². The highest BCUT2D eigenvalue weighted by atomic mass is 35.5. The molecule has 0 aliphatic heterocycles. The Bertz CT molecular complexity index is 757. The molecule has 0 saturated carbocycles. The number of rotatable bonds is 2. The van der Waals surface area contributed by atoms with Gasteiger partial charge in [0.05, 0.1) is 5.54 Å². The minimum Gasteiger partial charge on any atom is -0.267 e. The van der Waals surface area contributed by atoms with Gasteiger partial charge in [-0.3, -0.25) is 15.0 Å². The number of hydrogen-bond donors (Lipinski definition) is 1. The van der Waals surface area contributed by atoms with Gasteiger partial charge >= 0.3 is 0 Å². The van der Waals surface area contributed by atoms with Crippen molar-refractivity contribution in [2.75, 3.05) is 0 Å². The van der Waals surface area contributed by atoms with E-state index in [4.69, 9.17) is 0 Å². The van der Waals surface area contributed by atoms with Crippen LogP contribution in [0.25, 0.3) is 0 Å². The minimum absolute atomic E-state index is 0. The van der Waals surface area contributed by atoms with Crippen LogP contribution in [0.5, 0.6) is 0 Å². The molecular formula is C20H27Cl3N2O2. The van der Waals surface area contributed by atoms with Crippen LogP contribution in [0.15, 0.2) is 48.5 Å². The summed E-state index contributed by atoms with van der Waals surface area (Å²) < 4.78 is 0. The number of halogens is 3. The summed E-state index contributed by atoms with van der Waals surface area (Å²) in [4.78, 5) is 25.5. The lowest BCUT2D eigenvalue weighted by molar-refractivity contribution is 0.0358. The van der Waals surface area contributed by atoms with Gasteiger partial charge in [-0.15, -0.1) is 37.2 Å². The Balaban J connectivity index is 0. The minimum atomic E-state index is -0.556. The molecule has 0 aliphatic rings. The van der Waals surface area contributed by atoms with Crippen LogP contribution in [0, 0.1) is 13.8 Å². The lowest BCUT2D eigenvalue weighted by atomic mass is 10.0. The lowest BCUT2D eigenvalue weighted by Gasteiger charge is -2.35. The first kappa shape index (κ1) is 27.5. The number of benzene rings is 2. The third-order valence-corrected chi connectivity index (χ3v) is 3.78. The summed E-state index contributed by atoms with van der Waals surface area (Å²) in [5, 5.41) is 1.40. The second kappa shape index (κ2) is 11.2. The molecule has 0 unspecified atom stereocenters. The number of nitrogens with one attached hydrogen (secondary N) is 1. The topological polar surface area (TPSA) is 49.4 Å². The van der Waals surface area contributed by atoms with Gasteiger partial charge in [0.25, 0.3) is 11.8 Å². The van der Waals surface area contributed by atoms with Crippen molar-refractivity contribution in [2.45, 2.75) is 40.2 Å². The number of aryl methyl sites for hydroxylation is 2. The number of nitrogens with zero attached hydrogens (tertiary/aromatic N) is 1. The van der Waals surface area contributed by atoms with E-state index in [-0.39, 0.29) is 49.0 Å². The highest BCUT2D eigenvalue weighted by Gasteiger charge is 2.30. The average Bonchev–Trinajstić information content (AvgIpc) is 2.52. The first-order valence-electron chi connectivity index (χ1n) is 7.98. The fraction of sp³-hybridized carbons (Fsp3) is 0.300. The van der Waals surface area contributed by atoms with Gasteiger partial charge in [0.1, 0.15) is 0 Å². The number of carbonyl (C=O) groups excluding carboxylic acids is 2. The van der Waals surface area contributed by atoms with Crippen molar-refractivity contribution in [1.82, 2.24) is 10.4 Å². The number of hydrazine groups is 1. The lowest BCUT2D eigenvalue weighted by Crippen LogP contribution is -2.56. The predicted octanol–water partition coefficient (Wildman–Crippen LogP) is 5.15. The molecule has 2 rings (SSSR count). The van der Waals surface area contributed by atoms with Crippen LogP contribution in [0.1, 0.15) is 52.6 Å². The molecule has 1 N–H and O–H groups in total. The van der Waals surface area contributed by atoms with Crippen molar-refractivity contribution >= 4 is 49.0 Å². The molecule has 0 fully saturated rings. The fourth-order valence-corrected chi connectivity index (χ4v) is 2.33. The summed E-state index contributed by atoms with van der Waals surface area (Å²) in [5.41, 5.74) is 5.26. The van der Waals surface area contributed by atoms with Gasteiger partial charge in [0, 0.05) is 11.1 Å². The largest absolute Gasteiger partial charge is 0.273 e. The first-order chi connectivity index (χ1) is 11.2. The summed E-state index contributed by atoms with van der Waals surface area (Å²) in [6, 6.07) is 14.6. The van der Waals surface area contributed by atoms with E-state index in [0.717, 1.165) is 11.1 Å². The second-order valence-corrected chi connectivity index (χ2v) is 6.93. The Morgan fingerprint density at radius 2 is 1.37 bits per heavy atom. The molecule has 2 aromatic carbocycles. The third kappa shape index (κ3) is 7.06. The normalized spacial score (nSPS) is 9.81. The summed E-state index contributed by atoms with van der Waals surface area (Å²) in [6.07, 6.45) is 0. The molecular weight excluding hydrogens is 407 g/mol. The zero-order valence-corrected chi connectivity index (χ0v) is 18.6. The highest BCUT2D eigenvalue weighted by Crippen LogP contribution is 2.18. The molecule has 0 atom stereocenters. The molecule has 0 saturated heterocycles. The molecule has 0 heterocycles. The molecule has 0 spiro atoms. The van der Waals surface area contributed by atoms with Gasteiger partial charge in [-0.05, 0) is 58.4 Å². The van der Waals surface area contributed by atoms with Crippen molar-refractivity contribution in [3.8, 4) is 0 Å². The molecule has 0 aliphatic carbocycles. The van der Waals surface area contributed by atoms with Gasteiger partial charge in [-0.2, -0.15) is 0 Å². The quantitative estimate of drug-likeness (QED) is 0.665. The Labute approximate surface area is 179 Å². The van der Waals surface area contributed by atoms with Crippen LogP contribution in [-0.4, -0.2) is 22.4 Å². The zero-order valence-electron chi connectivity index (χ0n) is 16.1. The first-order valence-corrected chi connectivity index (χ1v) is 7.98. The number of carbonyl (C=O) groups is 2. The Morgan fingerprint density at radius 3 is 1.85 bits per heavy atom. The predicted molar refractivity (Wildman–Crippen MR) is 117 cm³/mol. The smallest absolute Gasteiger partial charge is 0.267 e. The van der Waals surface area contributed by atoms with Crippen LogP contribution in [0.4, 0.5) is 0 Å². The van der Waals surface area contributed by atoms with E-state index in [9.17, 15) is 9.59 Å². The van der Waals surface area contributed by atoms with Crippen molar-refractivity contribution < 1.29 is 9.59 Å². The van der Waals surface area contributed by atoms with Crippen LogP contribution in [-0.2, 0) is 0 Å². The number of amides is 2. The monoisotopic (exact) mass is 432 g/mol. The summed E-state index contributed by atoms with van der Waals surface area (Å²) in [5.74, 6) is -0.520. The van der Waals surface area contributed by atoms with E-state index in [1.165, 1.54) is 5.01 Å². The second-order valence-electron chi connectivity index (χ2n) is 6.93. The molecule has 4 nitrogen and oxygen atoms in total. The average molecular weight is 434 g/mol. The SMILES string of the molecule is Cc1ccc(C(=O)NN(C(=O)c2ccccc2C)C(C)(C)C)cc1.Cl.Cl.Cl. The molecule has 0 radical (unpaired) electrons. The maximum atomic E-state index is 12.9. The van der Waals surface area contributed by atoms with E-state index < -0.39 is 5.54 Å². The molecule has 150 valence electrons. The molecule has 2 aromatic rings. The molecule has 0 bridgehead atoms. The fourth-order valence-electron chi connectivity index (χ4n) is 2.33. The standard InChI is InChI=1S/C20H24N2O2.3ClH/c1-14-10-12-16(13-11-14)18(23)21-22(20(3,4)5)19(24)17-9-7-6-8-15(17)2;;;/h6-13H,1-5H3,(H,21,23);3*1H. The van der Waals surface area contributed by atoms with Crippen LogP contribution < -0.4 is 5.43 Å². The van der Waals surface area contributed by atoms with E-state index in [1.54, 1.807) is 18.2 Å². The van der Waals surface area contributed by atoms with Crippen molar-refractivity contribution in [2.24, 2.45) is 0 Å². The highest BCUT2D eigenvalue weighted by molar-refractivity contribution is 6.00. The summed E-state index contributed by atoms with van der Waals surface area (Å²) in [6.45, 7) is 9.51. The molecule has 7 heteroatoms. The van der Waals surface area contributed by atoms with Gasteiger partial charge in [0.2, 0.25) is 0 Å². The Kier molecular flexibility index (Phi) is 11.4. The van der Waals surface area contributed by atoms with Crippen LogP contribution in [0.3, 0.4) is 0 Å². The van der Waals surface area contributed by atoms with Gasteiger partial charge in [0.15, 0.2) is 0 Å². The maximum absolute atomic E-state index is 12.9. The van der Waals surface area contributed by atoms with E-state index in [0.29, 0.717) is 11.1 Å². The Hall–Kier alpha value is -1.75. The van der Waals surface area contributed by atoms with Crippen LogP contribution >= 0.6 is 37.2 Å². The Morgan fingerprint density at radius 1 is 0.852 bits per heavy atom. The third-order valence-electron chi connectivity index (χ3n) is 3.78. The van der Waals surface area contributed by atoms with Crippen molar-refractivity contribution in [3.63, 3.8) is 0 Å². The van der Waals surface area contributed by atoms with Gasteiger partial charge in [-0.1, -0.05) is 35.9 Å². The van der Waals surface area contributed by atoms with Crippen LogP contribution in [0.2, 0.25) is 0 Å². The summed E-state index contributed by atoms with van der Waals surface area (Å²) in [7, 11) is 0. The van der Waals surface area contributed by atoms with E-state index in [2.05, 4.69) is 5.43 Å². The van der Waals surface area contributed by atoms with E-state index >= 15 is 0 Å². The van der Waals surface area contributed by atoms with E-state index in [1.807, 2.05) is 65.0 Å². The molecule has 2 amide bonds. The molecule has 27 heavy (non-hydrogen) atoms. The van der Waals surface area contributed by atoms with Gasteiger partial charge < -0.3 is 0 Å². The molecule has 0 aromatic heterocycles. The van der Waals surface area contributed by atoms with Gasteiger partial charge in [-0.25, -0.2) is 5.01 Å². The van der Waals surface area contributed by atoms with Crippen molar-refractivity contribution in [1.29, 1.82) is 0 Å².